The van der Waals surface area contributed by atoms with Crippen LogP contribution in [0.5, 0.6) is 0 Å². The molecular formula is C17H27N. The summed E-state index contributed by atoms with van der Waals surface area (Å²) in [4.78, 5) is 0. The van der Waals surface area contributed by atoms with Gasteiger partial charge in [0.05, 0.1) is 0 Å². The number of benzene rings is 1. The fourth-order valence-electron chi connectivity index (χ4n) is 3.23. The summed E-state index contributed by atoms with van der Waals surface area (Å²) in [6.07, 6.45) is 3.91. The van der Waals surface area contributed by atoms with Crippen molar-refractivity contribution in [1.82, 2.24) is 5.32 Å². The average Bonchev–Trinajstić information content (AvgIpc) is 2.23. The van der Waals surface area contributed by atoms with Crippen molar-refractivity contribution in [1.29, 1.82) is 0 Å². The van der Waals surface area contributed by atoms with Crippen LogP contribution in [0.15, 0.2) is 24.3 Å². The lowest BCUT2D eigenvalue weighted by Crippen LogP contribution is -2.44. The summed E-state index contributed by atoms with van der Waals surface area (Å²) in [6.45, 7) is 9.16. The summed E-state index contributed by atoms with van der Waals surface area (Å²) < 4.78 is 0. The monoisotopic (exact) mass is 245 g/mol. The fraction of sp³-hybridized carbons (Fsp3) is 0.647. The van der Waals surface area contributed by atoms with Gasteiger partial charge in [-0.1, -0.05) is 38.1 Å². The second kappa shape index (κ2) is 5.88. The molecule has 0 bridgehead atoms. The Balaban J connectivity index is 1.79. The van der Waals surface area contributed by atoms with E-state index in [4.69, 9.17) is 0 Å². The van der Waals surface area contributed by atoms with Crippen molar-refractivity contribution < 1.29 is 0 Å². The molecule has 0 amide bonds. The Hall–Kier alpha value is -0.820. The topological polar surface area (TPSA) is 12.0 Å². The molecule has 1 aliphatic carbocycles. The second-order valence-corrected chi connectivity index (χ2v) is 6.42. The largest absolute Gasteiger partial charge is 0.311 e. The Morgan fingerprint density at radius 2 is 1.83 bits per heavy atom. The van der Waals surface area contributed by atoms with Gasteiger partial charge in [-0.05, 0) is 56.1 Å². The van der Waals surface area contributed by atoms with Gasteiger partial charge in [0.25, 0.3) is 0 Å². The Morgan fingerprint density at radius 3 is 2.44 bits per heavy atom. The van der Waals surface area contributed by atoms with Crippen LogP contribution in [0.1, 0.15) is 57.1 Å². The number of hydrogen-bond donors (Lipinski definition) is 1. The molecule has 0 saturated heterocycles. The van der Waals surface area contributed by atoms with Crippen LogP contribution in [-0.2, 0) is 0 Å². The van der Waals surface area contributed by atoms with Crippen LogP contribution in [0, 0.1) is 12.8 Å². The second-order valence-electron chi connectivity index (χ2n) is 6.42. The van der Waals surface area contributed by atoms with E-state index in [-0.39, 0.29) is 0 Å². The quantitative estimate of drug-likeness (QED) is 0.817. The van der Waals surface area contributed by atoms with E-state index in [9.17, 15) is 0 Å². The lowest BCUT2D eigenvalue weighted by atomic mass is 9.74. The molecular weight excluding hydrogens is 218 g/mol. The summed E-state index contributed by atoms with van der Waals surface area (Å²) in [5, 5.41) is 3.77. The van der Waals surface area contributed by atoms with Gasteiger partial charge in [0.2, 0.25) is 0 Å². The van der Waals surface area contributed by atoms with E-state index < -0.39 is 0 Å². The maximum atomic E-state index is 3.77. The van der Waals surface area contributed by atoms with E-state index >= 15 is 0 Å². The first-order valence-electron chi connectivity index (χ1n) is 7.37. The molecule has 0 aliphatic heterocycles. The molecule has 1 aromatic carbocycles. The van der Waals surface area contributed by atoms with Gasteiger partial charge in [0.15, 0.2) is 0 Å². The summed E-state index contributed by atoms with van der Waals surface area (Å²) in [5.41, 5.74) is 3.02. The highest BCUT2D eigenvalue weighted by atomic mass is 15.0. The van der Waals surface area contributed by atoms with Crippen molar-refractivity contribution in [2.24, 2.45) is 5.92 Å². The van der Waals surface area contributed by atoms with Crippen molar-refractivity contribution in [2.45, 2.75) is 65.0 Å². The lowest BCUT2D eigenvalue weighted by molar-refractivity contribution is 0.257. The molecule has 1 atom stereocenters. The molecule has 1 fully saturated rings. The Morgan fingerprint density at radius 1 is 1.17 bits per heavy atom. The number of hydrogen-bond acceptors (Lipinski definition) is 1. The van der Waals surface area contributed by atoms with Crippen molar-refractivity contribution in [2.75, 3.05) is 0 Å². The van der Waals surface area contributed by atoms with Crippen LogP contribution in [0.2, 0.25) is 0 Å². The van der Waals surface area contributed by atoms with Crippen LogP contribution in [0.25, 0.3) is 0 Å². The molecule has 1 unspecified atom stereocenters. The SMILES string of the molecule is Cc1ccccc1C1CC(NC(C)CC(C)C)C1. The van der Waals surface area contributed by atoms with Crippen molar-refractivity contribution in [3.63, 3.8) is 0 Å². The molecule has 2 rings (SSSR count). The summed E-state index contributed by atoms with van der Waals surface area (Å²) in [6, 6.07) is 10.2. The van der Waals surface area contributed by atoms with E-state index in [0.717, 1.165) is 17.9 Å². The van der Waals surface area contributed by atoms with E-state index in [1.54, 1.807) is 5.56 Å². The summed E-state index contributed by atoms with van der Waals surface area (Å²) in [5.74, 6) is 1.58. The van der Waals surface area contributed by atoms with Crippen molar-refractivity contribution in [3.8, 4) is 0 Å². The molecule has 0 heterocycles. The van der Waals surface area contributed by atoms with Gasteiger partial charge in [-0.15, -0.1) is 0 Å². The normalized spacial score (nSPS) is 24.9. The first-order chi connectivity index (χ1) is 8.56. The highest BCUT2D eigenvalue weighted by Crippen LogP contribution is 2.38. The van der Waals surface area contributed by atoms with Gasteiger partial charge >= 0.3 is 0 Å². The Bertz CT molecular complexity index is 377. The molecule has 1 saturated carbocycles. The zero-order chi connectivity index (χ0) is 13.1. The maximum Gasteiger partial charge on any atom is 0.00812 e. The van der Waals surface area contributed by atoms with Crippen LogP contribution in [-0.4, -0.2) is 12.1 Å². The van der Waals surface area contributed by atoms with E-state index in [1.807, 2.05) is 0 Å². The molecule has 1 aromatic rings. The molecule has 0 radical (unpaired) electrons. The van der Waals surface area contributed by atoms with Crippen LogP contribution >= 0.6 is 0 Å². The highest BCUT2D eigenvalue weighted by molar-refractivity contribution is 5.31. The Kier molecular flexibility index (Phi) is 4.45. The van der Waals surface area contributed by atoms with E-state index in [1.165, 1.54) is 24.8 Å². The summed E-state index contributed by atoms with van der Waals surface area (Å²) >= 11 is 0. The maximum absolute atomic E-state index is 3.77. The molecule has 18 heavy (non-hydrogen) atoms. The third-order valence-electron chi connectivity index (χ3n) is 4.11. The van der Waals surface area contributed by atoms with E-state index in [2.05, 4.69) is 57.3 Å². The highest BCUT2D eigenvalue weighted by Gasteiger charge is 2.31. The zero-order valence-corrected chi connectivity index (χ0v) is 12.2. The predicted molar refractivity (Wildman–Crippen MR) is 79.0 cm³/mol. The van der Waals surface area contributed by atoms with Gasteiger partial charge < -0.3 is 5.32 Å². The minimum absolute atomic E-state index is 0.660. The summed E-state index contributed by atoms with van der Waals surface area (Å²) in [7, 11) is 0. The van der Waals surface area contributed by atoms with Gasteiger partial charge in [-0.2, -0.15) is 0 Å². The van der Waals surface area contributed by atoms with Gasteiger partial charge in [0, 0.05) is 12.1 Å². The third-order valence-corrected chi connectivity index (χ3v) is 4.11. The van der Waals surface area contributed by atoms with Crippen LogP contribution < -0.4 is 5.32 Å². The molecule has 1 nitrogen and oxygen atoms in total. The van der Waals surface area contributed by atoms with Gasteiger partial charge in [-0.25, -0.2) is 0 Å². The number of aryl methyl sites for hydroxylation is 1. The van der Waals surface area contributed by atoms with Crippen LogP contribution in [0.3, 0.4) is 0 Å². The molecule has 1 heteroatoms. The van der Waals surface area contributed by atoms with Crippen LogP contribution in [0.4, 0.5) is 0 Å². The van der Waals surface area contributed by atoms with Crippen molar-refractivity contribution in [3.05, 3.63) is 35.4 Å². The van der Waals surface area contributed by atoms with Crippen molar-refractivity contribution >= 4 is 0 Å². The standard InChI is InChI=1S/C17H27N/c1-12(2)9-14(4)18-16-10-15(11-16)17-8-6-5-7-13(17)3/h5-8,12,14-16,18H,9-11H2,1-4H3. The van der Waals surface area contributed by atoms with Gasteiger partial charge in [-0.3, -0.25) is 0 Å². The predicted octanol–water partition coefficient (Wildman–Crippen LogP) is 4.27. The number of rotatable bonds is 5. The first-order valence-corrected chi connectivity index (χ1v) is 7.37. The minimum Gasteiger partial charge on any atom is -0.311 e. The fourth-order valence-corrected chi connectivity index (χ4v) is 3.23. The number of nitrogens with one attached hydrogen (secondary N) is 1. The third kappa shape index (κ3) is 3.35. The minimum atomic E-state index is 0.660. The smallest absolute Gasteiger partial charge is 0.00812 e. The molecule has 0 aromatic heterocycles. The first kappa shape index (κ1) is 13.6. The average molecular weight is 245 g/mol. The molecule has 1 N–H and O–H groups in total. The Labute approximate surface area is 112 Å². The lowest BCUT2D eigenvalue weighted by Gasteiger charge is -2.39. The van der Waals surface area contributed by atoms with Gasteiger partial charge in [0.1, 0.15) is 0 Å². The molecule has 1 aliphatic rings. The zero-order valence-electron chi connectivity index (χ0n) is 12.2. The van der Waals surface area contributed by atoms with E-state index in [0.29, 0.717) is 6.04 Å². The molecule has 100 valence electrons. The molecule has 0 spiro atoms.